The molecule has 3 rings (SSSR count). The molecule has 6 heteroatoms. The van der Waals surface area contributed by atoms with Crippen molar-refractivity contribution in [2.24, 2.45) is 0 Å². The van der Waals surface area contributed by atoms with Crippen LogP contribution in [0.1, 0.15) is 11.1 Å². The summed E-state index contributed by atoms with van der Waals surface area (Å²) >= 11 is 0. The number of hydrogen-bond donors (Lipinski definition) is 0. The van der Waals surface area contributed by atoms with Crippen LogP contribution in [-0.4, -0.2) is 19.9 Å². The second kappa shape index (κ2) is 4.41. The van der Waals surface area contributed by atoms with Crippen molar-refractivity contribution >= 4 is 16.7 Å². The maximum Gasteiger partial charge on any atom is 0.274 e. The molecule has 0 aliphatic carbocycles. The summed E-state index contributed by atoms with van der Waals surface area (Å²) in [5.74, 6) is 0. The summed E-state index contributed by atoms with van der Waals surface area (Å²) in [6.45, 7) is 3.67. The Hall–Kier alpha value is -2.76. The average Bonchev–Trinajstić information content (AvgIpc) is 2.80. The van der Waals surface area contributed by atoms with Crippen LogP contribution in [0.3, 0.4) is 0 Å². The van der Waals surface area contributed by atoms with Gasteiger partial charge in [-0.05, 0) is 31.5 Å². The molecule has 0 bridgehead atoms. The lowest BCUT2D eigenvalue weighted by atomic mass is 10.2. The Bertz CT molecular complexity index is 823. The van der Waals surface area contributed by atoms with Crippen molar-refractivity contribution in [3.05, 3.63) is 57.6 Å². The summed E-state index contributed by atoms with van der Waals surface area (Å²) in [4.78, 5) is 12.1. The number of fused-ring (bicyclic) bond motifs is 1. The molecule has 0 radical (unpaired) electrons. The predicted octanol–water partition coefficient (Wildman–Crippen LogP) is 2.95. The topological polar surface area (TPSA) is 73.8 Å². The second-order valence-electron chi connectivity index (χ2n) is 4.66. The quantitative estimate of drug-likeness (QED) is 0.529. The molecule has 100 valence electrons. The Morgan fingerprint density at radius 1 is 1.05 bits per heavy atom. The summed E-state index contributed by atoms with van der Waals surface area (Å²) in [6.07, 6.45) is 0. The zero-order valence-electron chi connectivity index (χ0n) is 11.1. The Kier molecular flexibility index (Phi) is 2.71. The molecule has 0 aliphatic heterocycles. The van der Waals surface area contributed by atoms with Crippen LogP contribution in [0.2, 0.25) is 0 Å². The van der Waals surface area contributed by atoms with Crippen LogP contribution in [0.25, 0.3) is 16.7 Å². The molecule has 2 aromatic carbocycles. The maximum atomic E-state index is 10.9. The average molecular weight is 268 g/mol. The number of aryl methyl sites for hydroxylation is 2. The van der Waals surface area contributed by atoms with E-state index in [-0.39, 0.29) is 5.69 Å². The molecule has 0 saturated heterocycles. The van der Waals surface area contributed by atoms with Gasteiger partial charge in [0.1, 0.15) is 11.0 Å². The number of hydrogen-bond acceptors (Lipinski definition) is 4. The van der Waals surface area contributed by atoms with E-state index in [1.807, 2.05) is 31.2 Å². The maximum absolute atomic E-state index is 10.9. The normalized spacial score (nSPS) is 10.9. The van der Waals surface area contributed by atoms with E-state index in [1.54, 1.807) is 13.0 Å². The Morgan fingerprint density at radius 2 is 1.70 bits per heavy atom. The highest BCUT2D eigenvalue weighted by Gasteiger charge is 2.15. The minimum atomic E-state index is -0.401. The summed E-state index contributed by atoms with van der Waals surface area (Å²) in [7, 11) is 0. The highest BCUT2D eigenvalue weighted by molar-refractivity contribution is 5.78. The van der Waals surface area contributed by atoms with Crippen molar-refractivity contribution < 1.29 is 4.92 Å². The standard InChI is InChI=1S/C14H12N4O2/c1-9-5-3-4-6-13(9)17-15-11-7-10(2)14(18(19)20)8-12(11)16-17/h3-8H,1-2H3. The zero-order chi connectivity index (χ0) is 14.3. The molecule has 6 nitrogen and oxygen atoms in total. The van der Waals surface area contributed by atoms with Crippen LogP contribution in [0.5, 0.6) is 0 Å². The molecule has 0 N–H and O–H groups in total. The summed E-state index contributed by atoms with van der Waals surface area (Å²) in [5.41, 5.74) is 3.72. The van der Waals surface area contributed by atoms with Gasteiger partial charge in [0.15, 0.2) is 0 Å². The Labute approximate surface area is 114 Å². The van der Waals surface area contributed by atoms with E-state index in [9.17, 15) is 10.1 Å². The third kappa shape index (κ3) is 1.91. The van der Waals surface area contributed by atoms with Crippen LogP contribution in [0, 0.1) is 24.0 Å². The van der Waals surface area contributed by atoms with Crippen molar-refractivity contribution in [1.82, 2.24) is 15.0 Å². The molecule has 0 unspecified atom stereocenters. The highest BCUT2D eigenvalue weighted by Crippen LogP contribution is 2.24. The highest BCUT2D eigenvalue weighted by atomic mass is 16.6. The molecule has 20 heavy (non-hydrogen) atoms. The van der Waals surface area contributed by atoms with E-state index in [4.69, 9.17) is 0 Å². The van der Waals surface area contributed by atoms with Crippen molar-refractivity contribution in [3.8, 4) is 5.69 Å². The zero-order valence-corrected chi connectivity index (χ0v) is 11.1. The van der Waals surface area contributed by atoms with Gasteiger partial charge in [-0.3, -0.25) is 10.1 Å². The number of nitro groups is 1. The fourth-order valence-corrected chi connectivity index (χ4v) is 2.15. The fourth-order valence-electron chi connectivity index (χ4n) is 2.15. The molecular formula is C14H12N4O2. The van der Waals surface area contributed by atoms with E-state index in [2.05, 4.69) is 10.2 Å². The predicted molar refractivity (Wildman–Crippen MR) is 75.0 cm³/mol. The molecule has 0 amide bonds. The number of para-hydroxylation sites is 1. The third-order valence-electron chi connectivity index (χ3n) is 3.23. The summed E-state index contributed by atoms with van der Waals surface area (Å²) in [6, 6.07) is 10.9. The SMILES string of the molecule is Cc1ccccc1-n1nc2cc(C)c([N+](=O)[O-])cc2n1. The monoisotopic (exact) mass is 268 g/mol. The van der Waals surface area contributed by atoms with Gasteiger partial charge in [-0.2, -0.15) is 4.80 Å². The van der Waals surface area contributed by atoms with Crippen LogP contribution >= 0.6 is 0 Å². The first kappa shape index (κ1) is 12.3. The van der Waals surface area contributed by atoms with Gasteiger partial charge in [0.05, 0.1) is 10.6 Å². The Balaban J connectivity index is 2.21. The second-order valence-corrected chi connectivity index (χ2v) is 4.66. The summed E-state index contributed by atoms with van der Waals surface area (Å²) in [5, 5.41) is 19.7. The smallest absolute Gasteiger partial charge is 0.258 e. The molecule has 0 aliphatic rings. The largest absolute Gasteiger partial charge is 0.274 e. The van der Waals surface area contributed by atoms with Crippen molar-refractivity contribution in [2.75, 3.05) is 0 Å². The van der Waals surface area contributed by atoms with Gasteiger partial charge in [0, 0.05) is 11.6 Å². The van der Waals surface area contributed by atoms with Crippen molar-refractivity contribution in [1.29, 1.82) is 0 Å². The molecule has 1 heterocycles. The van der Waals surface area contributed by atoms with E-state index in [0.717, 1.165) is 11.3 Å². The molecule has 0 saturated carbocycles. The van der Waals surface area contributed by atoms with Crippen LogP contribution in [0.4, 0.5) is 5.69 Å². The summed E-state index contributed by atoms with van der Waals surface area (Å²) < 4.78 is 0. The van der Waals surface area contributed by atoms with Gasteiger partial charge >= 0.3 is 0 Å². The lowest BCUT2D eigenvalue weighted by Crippen LogP contribution is -2.00. The van der Waals surface area contributed by atoms with E-state index in [0.29, 0.717) is 16.6 Å². The third-order valence-corrected chi connectivity index (χ3v) is 3.23. The molecular weight excluding hydrogens is 256 g/mol. The first-order valence-corrected chi connectivity index (χ1v) is 6.14. The number of aromatic nitrogens is 3. The van der Waals surface area contributed by atoms with Crippen LogP contribution in [-0.2, 0) is 0 Å². The van der Waals surface area contributed by atoms with Gasteiger partial charge in [0.2, 0.25) is 0 Å². The molecule has 1 aromatic heterocycles. The molecule has 0 fully saturated rings. The minimum Gasteiger partial charge on any atom is -0.258 e. The van der Waals surface area contributed by atoms with Crippen molar-refractivity contribution in [3.63, 3.8) is 0 Å². The van der Waals surface area contributed by atoms with Crippen LogP contribution < -0.4 is 0 Å². The number of rotatable bonds is 2. The Morgan fingerprint density at radius 3 is 2.35 bits per heavy atom. The van der Waals surface area contributed by atoms with Gasteiger partial charge in [0.25, 0.3) is 5.69 Å². The van der Waals surface area contributed by atoms with Gasteiger partial charge in [-0.1, -0.05) is 18.2 Å². The minimum absolute atomic E-state index is 0.0642. The van der Waals surface area contributed by atoms with Crippen LogP contribution in [0.15, 0.2) is 36.4 Å². The van der Waals surface area contributed by atoms with Gasteiger partial charge in [-0.15, -0.1) is 10.2 Å². The lowest BCUT2D eigenvalue weighted by molar-refractivity contribution is -0.385. The molecule has 0 atom stereocenters. The van der Waals surface area contributed by atoms with Gasteiger partial charge < -0.3 is 0 Å². The molecule has 3 aromatic rings. The number of nitro benzene ring substituents is 1. The fraction of sp³-hybridized carbons (Fsp3) is 0.143. The first-order chi connectivity index (χ1) is 9.56. The van der Waals surface area contributed by atoms with Crippen molar-refractivity contribution in [2.45, 2.75) is 13.8 Å². The number of benzene rings is 2. The van der Waals surface area contributed by atoms with E-state index < -0.39 is 4.92 Å². The lowest BCUT2D eigenvalue weighted by Gasteiger charge is -2.02. The molecule has 0 spiro atoms. The van der Waals surface area contributed by atoms with Gasteiger partial charge in [-0.25, -0.2) is 0 Å². The van der Waals surface area contributed by atoms with E-state index >= 15 is 0 Å². The first-order valence-electron chi connectivity index (χ1n) is 6.14. The van der Waals surface area contributed by atoms with E-state index in [1.165, 1.54) is 10.9 Å². The number of nitrogens with zero attached hydrogens (tertiary/aromatic N) is 4.